The summed E-state index contributed by atoms with van der Waals surface area (Å²) in [6.07, 6.45) is 4.67. The summed E-state index contributed by atoms with van der Waals surface area (Å²) in [6.45, 7) is 1.59. The van der Waals surface area contributed by atoms with Crippen LogP contribution in [0.25, 0.3) is 0 Å². The molecular weight excluding hydrogens is 325 g/mol. The van der Waals surface area contributed by atoms with E-state index in [1.165, 1.54) is 18.3 Å². The molecule has 0 amide bonds. The molecule has 0 radical (unpaired) electrons. The summed E-state index contributed by atoms with van der Waals surface area (Å²) in [5.74, 6) is -0.569. The van der Waals surface area contributed by atoms with E-state index >= 15 is 0 Å². The first kappa shape index (κ1) is 16.6. The molecule has 0 spiro atoms. The van der Waals surface area contributed by atoms with E-state index in [1.54, 1.807) is 36.0 Å². The van der Waals surface area contributed by atoms with Gasteiger partial charge in [0.25, 0.3) is 0 Å². The molecule has 3 rings (SSSR count). The second-order valence-electron chi connectivity index (χ2n) is 5.53. The number of aromatic carboxylic acids is 1. The van der Waals surface area contributed by atoms with Crippen molar-refractivity contribution in [3.8, 4) is 0 Å². The summed E-state index contributed by atoms with van der Waals surface area (Å²) in [5.41, 5.74) is 1.02. The van der Waals surface area contributed by atoms with Gasteiger partial charge in [0.15, 0.2) is 0 Å². The van der Waals surface area contributed by atoms with E-state index in [1.807, 2.05) is 7.05 Å². The van der Waals surface area contributed by atoms with E-state index in [0.29, 0.717) is 17.1 Å². The molecule has 7 nitrogen and oxygen atoms in total. The number of anilines is 1. The fraction of sp³-hybridized carbons (Fsp3) is 0.176. The Balaban J connectivity index is 2.00. The highest BCUT2D eigenvalue weighted by Gasteiger charge is 2.20. The van der Waals surface area contributed by atoms with Gasteiger partial charge in [-0.05, 0) is 24.6 Å². The van der Waals surface area contributed by atoms with E-state index < -0.39 is 12.0 Å². The lowest BCUT2D eigenvalue weighted by Gasteiger charge is -2.19. The number of nitrogens with zero attached hydrogens (tertiary/aromatic N) is 4. The van der Waals surface area contributed by atoms with Gasteiger partial charge in [-0.2, -0.15) is 0 Å². The lowest BCUT2D eigenvalue weighted by molar-refractivity contribution is 0.0695. The molecule has 128 valence electrons. The van der Waals surface area contributed by atoms with E-state index in [4.69, 9.17) is 5.11 Å². The van der Waals surface area contributed by atoms with Crippen LogP contribution in [0.5, 0.6) is 0 Å². The van der Waals surface area contributed by atoms with Crippen molar-refractivity contribution < 1.29 is 14.3 Å². The van der Waals surface area contributed by atoms with Gasteiger partial charge in [0.1, 0.15) is 17.7 Å². The lowest BCUT2D eigenvalue weighted by atomic mass is 10.1. The van der Waals surface area contributed by atoms with Gasteiger partial charge in [0.05, 0.1) is 11.3 Å². The molecule has 1 aromatic carbocycles. The minimum atomic E-state index is -1.09. The minimum Gasteiger partial charge on any atom is -0.478 e. The monoisotopic (exact) mass is 341 g/mol. The van der Waals surface area contributed by atoms with Gasteiger partial charge >= 0.3 is 5.97 Å². The summed E-state index contributed by atoms with van der Waals surface area (Å²) in [6, 6.07) is 5.66. The molecule has 0 saturated carbocycles. The number of rotatable bonds is 5. The molecule has 3 aromatic rings. The van der Waals surface area contributed by atoms with Gasteiger partial charge < -0.3 is 15.0 Å². The zero-order chi connectivity index (χ0) is 18.0. The smallest absolute Gasteiger partial charge is 0.339 e. The molecule has 1 unspecified atom stereocenters. The van der Waals surface area contributed by atoms with E-state index in [9.17, 15) is 9.18 Å². The normalized spacial score (nSPS) is 12.0. The van der Waals surface area contributed by atoms with Crippen LogP contribution >= 0.6 is 0 Å². The fourth-order valence-electron chi connectivity index (χ4n) is 2.51. The SMILES string of the molecule is Cc1nc(NC(c2cccc(F)c2)c2nccn2C)ncc1C(=O)O. The molecular formula is C17H16FN5O2. The quantitative estimate of drug-likeness (QED) is 0.741. The predicted molar refractivity (Wildman–Crippen MR) is 88.8 cm³/mol. The molecule has 0 aliphatic rings. The van der Waals surface area contributed by atoms with Crippen LogP contribution in [0.4, 0.5) is 10.3 Å². The molecule has 25 heavy (non-hydrogen) atoms. The first-order chi connectivity index (χ1) is 12.0. The van der Waals surface area contributed by atoms with Gasteiger partial charge in [-0.1, -0.05) is 12.1 Å². The molecule has 0 aliphatic carbocycles. The Morgan fingerprint density at radius 2 is 2.16 bits per heavy atom. The number of aromatic nitrogens is 4. The molecule has 0 aliphatic heterocycles. The third-order valence-corrected chi connectivity index (χ3v) is 3.78. The van der Waals surface area contributed by atoms with Crippen molar-refractivity contribution >= 4 is 11.9 Å². The summed E-state index contributed by atoms with van der Waals surface area (Å²) >= 11 is 0. The maximum Gasteiger partial charge on any atom is 0.339 e. The number of hydrogen-bond donors (Lipinski definition) is 2. The molecule has 1 atom stereocenters. The Labute approximate surface area is 143 Å². The van der Waals surface area contributed by atoms with Crippen molar-refractivity contribution in [3.63, 3.8) is 0 Å². The molecule has 0 fully saturated rings. The number of carbonyl (C=O) groups is 1. The Morgan fingerprint density at radius 3 is 2.76 bits per heavy atom. The standard InChI is InChI=1S/C17H16FN5O2/c1-10-13(16(24)25)9-20-17(21-10)22-14(15-19-6-7-23(15)2)11-4-3-5-12(18)8-11/h3-9,14H,1-2H3,(H,24,25)(H,20,21,22). The Morgan fingerprint density at radius 1 is 1.36 bits per heavy atom. The highest BCUT2D eigenvalue weighted by Crippen LogP contribution is 2.25. The number of aryl methyl sites for hydroxylation is 2. The number of imidazole rings is 1. The lowest BCUT2D eigenvalue weighted by Crippen LogP contribution is -2.19. The van der Waals surface area contributed by atoms with Crippen molar-refractivity contribution in [1.29, 1.82) is 0 Å². The zero-order valence-electron chi connectivity index (χ0n) is 13.6. The topological polar surface area (TPSA) is 92.9 Å². The van der Waals surface area contributed by atoms with E-state index in [2.05, 4.69) is 20.3 Å². The minimum absolute atomic E-state index is 0.0323. The maximum atomic E-state index is 13.7. The van der Waals surface area contributed by atoms with Crippen molar-refractivity contribution in [1.82, 2.24) is 19.5 Å². The third-order valence-electron chi connectivity index (χ3n) is 3.78. The predicted octanol–water partition coefficient (Wildman–Crippen LogP) is 2.56. The number of nitrogens with one attached hydrogen (secondary N) is 1. The number of benzene rings is 1. The average molecular weight is 341 g/mol. The van der Waals surface area contributed by atoms with Crippen molar-refractivity contribution in [2.24, 2.45) is 7.05 Å². The van der Waals surface area contributed by atoms with Crippen LogP contribution in [0.15, 0.2) is 42.9 Å². The molecule has 2 N–H and O–H groups in total. The fourth-order valence-corrected chi connectivity index (χ4v) is 2.51. The van der Waals surface area contributed by atoms with Crippen molar-refractivity contribution in [2.45, 2.75) is 13.0 Å². The summed E-state index contributed by atoms with van der Waals surface area (Å²) in [4.78, 5) is 23.6. The first-order valence-electron chi connectivity index (χ1n) is 7.52. The largest absolute Gasteiger partial charge is 0.478 e. The second-order valence-corrected chi connectivity index (χ2v) is 5.53. The highest BCUT2D eigenvalue weighted by molar-refractivity contribution is 5.88. The van der Waals surface area contributed by atoms with Crippen LogP contribution in [0.2, 0.25) is 0 Å². The highest BCUT2D eigenvalue weighted by atomic mass is 19.1. The third kappa shape index (κ3) is 3.47. The first-order valence-corrected chi connectivity index (χ1v) is 7.52. The van der Waals surface area contributed by atoms with Crippen LogP contribution in [0.3, 0.4) is 0 Å². The van der Waals surface area contributed by atoms with Gasteiger partial charge in [-0.25, -0.2) is 24.1 Å². The van der Waals surface area contributed by atoms with Gasteiger partial charge in [-0.3, -0.25) is 0 Å². The Bertz CT molecular complexity index is 925. The van der Waals surface area contributed by atoms with Crippen molar-refractivity contribution in [2.75, 3.05) is 5.32 Å². The summed E-state index contributed by atoms with van der Waals surface area (Å²) in [7, 11) is 1.83. The number of carboxylic acid groups (broad SMARTS) is 1. The number of hydrogen-bond acceptors (Lipinski definition) is 5. The Kier molecular flexibility index (Phi) is 4.42. The van der Waals surface area contributed by atoms with Crippen molar-refractivity contribution in [3.05, 3.63) is 71.3 Å². The van der Waals surface area contributed by atoms with Crippen LogP contribution in [-0.2, 0) is 7.05 Å². The van der Waals surface area contributed by atoms with Gasteiger partial charge in [0, 0.05) is 25.6 Å². The summed E-state index contributed by atoms with van der Waals surface area (Å²) < 4.78 is 15.5. The zero-order valence-corrected chi connectivity index (χ0v) is 13.6. The molecule has 2 aromatic heterocycles. The van der Waals surface area contributed by atoms with E-state index in [-0.39, 0.29) is 17.3 Å². The number of halogens is 1. The summed E-state index contributed by atoms with van der Waals surface area (Å²) in [5, 5.41) is 12.2. The maximum absolute atomic E-state index is 13.7. The van der Waals surface area contributed by atoms with Crippen LogP contribution in [0.1, 0.15) is 33.5 Å². The number of carboxylic acids is 1. The van der Waals surface area contributed by atoms with Crippen LogP contribution in [-0.4, -0.2) is 30.6 Å². The van der Waals surface area contributed by atoms with Gasteiger partial charge in [0.2, 0.25) is 5.95 Å². The molecule has 0 saturated heterocycles. The molecule has 2 heterocycles. The second kappa shape index (κ2) is 6.68. The molecule has 8 heteroatoms. The van der Waals surface area contributed by atoms with Gasteiger partial charge in [-0.15, -0.1) is 0 Å². The van der Waals surface area contributed by atoms with E-state index in [0.717, 1.165) is 0 Å². The average Bonchev–Trinajstić information content (AvgIpc) is 2.98. The Hall–Kier alpha value is -3.29. The van der Waals surface area contributed by atoms with Crippen LogP contribution in [0, 0.1) is 12.7 Å². The van der Waals surface area contributed by atoms with Crippen LogP contribution < -0.4 is 5.32 Å². The molecule has 0 bridgehead atoms.